The molecular weight excluding hydrogens is 316 g/mol. The number of rotatable bonds is 5. The first-order valence-electron chi connectivity index (χ1n) is 9.22. The van der Waals surface area contributed by atoms with E-state index in [1.54, 1.807) is 0 Å². The molecule has 3 rings (SSSR count). The van der Waals surface area contributed by atoms with E-state index in [1.807, 2.05) is 9.36 Å². The number of benzene rings is 1. The summed E-state index contributed by atoms with van der Waals surface area (Å²) in [7, 11) is 0. The van der Waals surface area contributed by atoms with Crippen molar-refractivity contribution in [2.24, 2.45) is 0 Å². The van der Waals surface area contributed by atoms with E-state index in [4.69, 9.17) is 12.2 Å². The Morgan fingerprint density at radius 2 is 1.88 bits per heavy atom. The average Bonchev–Trinajstić information content (AvgIpc) is 3.23. The van der Waals surface area contributed by atoms with Gasteiger partial charge < -0.3 is 0 Å². The van der Waals surface area contributed by atoms with E-state index in [0.717, 1.165) is 6.42 Å². The number of tetrazole rings is 1. The maximum Gasteiger partial charge on any atom is 0.220 e. The van der Waals surface area contributed by atoms with Crippen LogP contribution in [0.4, 0.5) is 0 Å². The Bertz CT molecular complexity index is 753. The van der Waals surface area contributed by atoms with Crippen molar-refractivity contribution in [3.8, 4) is 5.69 Å². The summed E-state index contributed by atoms with van der Waals surface area (Å²) in [6, 6.07) is 6.94. The van der Waals surface area contributed by atoms with E-state index in [-0.39, 0.29) is 6.04 Å². The molecule has 4 nitrogen and oxygen atoms in total. The molecule has 1 aromatic carbocycles. The molecule has 1 aromatic heterocycles. The van der Waals surface area contributed by atoms with Crippen LogP contribution in [0.25, 0.3) is 5.69 Å². The summed E-state index contributed by atoms with van der Waals surface area (Å²) in [6.45, 7) is 8.76. The van der Waals surface area contributed by atoms with Crippen LogP contribution in [-0.2, 0) is 0 Å². The van der Waals surface area contributed by atoms with Gasteiger partial charge in [0.1, 0.15) is 0 Å². The van der Waals surface area contributed by atoms with E-state index in [1.165, 1.54) is 42.5 Å². The lowest BCUT2D eigenvalue weighted by Crippen LogP contribution is -2.11. The maximum atomic E-state index is 5.73. The molecule has 0 amide bonds. The van der Waals surface area contributed by atoms with Gasteiger partial charge in [-0.15, -0.1) is 0 Å². The van der Waals surface area contributed by atoms with Crippen LogP contribution in [-0.4, -0.2) is 19.8 Å². The van der Waals surface area contributed by atoms with Crippen molar-refractivity contribution in [1.29, 1.82) is 0 Å². The molecule has 130 valence electrons. The van der Waals surface area contributed by atoms with Crippen LogP contribution in [0, 0.1) is 4.77 Å². The first-order chi connectivity index (χ1) is 11.5. The van der Waals surface area contributed by atoms with Gasteiger partial charge in [-0.1, -0.05) is 51.8 Å². The van der Waals surface area contributed by atoms with Crippen LogP contribution in [0.15, 0.2) is 18.2 Å². The minimum atomic E-state index is 0.271. The summed E-state index contributed by atoms with van der Waals surface area (Å²) in [4.78, 5) is 0. The molecule has 1 fully saturated rings. The third-order valence-electron chi connectivity index (χ3n) is 5.34. The molecule has 1 aliphatic rings. The first-order valence-corrected chi connectivity index (χ1v) is 9.63. The minimum Gasteiger partial charge on any atom is -0.215 e. The predicted octanol–water partition coefficient (Wildman–Crippen LogP) is 5.55. The fourth-order valence-corrected chi connectivity index (χ4v) is 4.05. The Labute approximate surface area is 149 Å². The van der Waals surface area contributed by atoms with Crippen LogP contribution >= 0.6 is 12.2 Å². The summed E-state index contributed by atoms with van der Waals surface area (Å²) in [5, 5.41) is 8.81. The van der Waals surface area contributed by atoms with Gasteiger partial charge in [-0.05, 0) is 71.8 Å². The van der Waals surface area contributed by atoms with E-state index >= 15 is 0 Å². The summed E-state index contributed by atoms with van der Waals surface area (Å²) in [5.74, 6) is 1.05. The Morgan fingerprint density at radius 3 is 2.50 bits per heavy atom. The molecule has 1 unspecified atom stereocenters. The summed E-state index contributed by atoms with van der Waals surface area (Å²) in [6.07, 6.45) is 6.17. The van der Waals surface area contributed by atoms with Gasteiger partial charge in [-0.3, -0.25) is 0 Å². The highest BCUT2D eigenvalue weighted by molar-refractivity contribution is 7.71. The second kappa shape index (κ2) is 7.18. The number of para-hydroxylation sites is 1. The van der Waals surface area contributed by atoms with Crippen molar-refractivity contribution < 1.29 is 0 Å². The number of hydrogen-bond donors (Lipinski definition) is 0. The highest BCUT2D eigenvalue weighted by atomic mass is 32.1. The fourth-order valence-electron chi connectivity index (χ4n) is 3.70. The molecule has 1 aliphatic carbocycles. The van der Waals surface area contributed by atoms with Gasteiger partial charge in [-0.25, -0.2) is 4.68 Å². The average molecular weight is 345 g/mol. The van der Waals surface area contributed by atoms with Gasteiger partial charge in [0.05, 0.1) is 11.7 Å². The molecule has 1 heterocycles. The number of nitrogens with zero attached hydrogens (tertiary/aromatic N) is 4. The monoisotopic (exact) mass is 344 g/mol. The van der Waals surface area contributed by atoms with Crippen LogP contribution in [0.3, 0.4) is 0 Å². The van der Waals surface area contributed by atoms with Crippen LogP contribution in [0.5, 0.6) is 0 Å². The first kappa shape index (κ1) is 17.3. The molecule has 0 radical (unpaired) electrons. The van der Waals surface area contributed by atoms with Crippen molar-refractivity contribution in [2.45, 2.75) is 77.7 Å². The maximum absolute atomic E-state index is 5.73. The van der Waals surface area contributed by atoms with Crippen molar-refractivity contribution >= 4 is 12.2 Å². The molecule has 0 N–H and O–H groups in total. The summed E-state index contributed by atoms with van der Waals surface area (Å²) >= 11 is 5.73. The Morgan fingerprint density at radius 1 is 1.17 bits per heavy atom. The highest BCUT2D eigenvalue weighted by Gasteiger charge is 2.25. The molecule has 0 bridgehead atoms. The topological polar surface area (TPSA) is 35.6 Å². The quantitative estimate of drug-likeness (QED) is 0.667. The lowest BCUT2D eigenvalue weighted by molar-refractivity contribution is 0.459. The zero-order chi connectivity index (χ0) is 17.3. The summed E-state index contributed by atoms with van der Waals surface area (Å²) < 4.78 is 4.49. The van der Waals surface area contributed by atoms with Crippen molar-refractivity contribution in [1.82, 2.24) is 19.8 Å². The SMILES string of the molecule is CCC(C)n1nnn(-c2c(C(C)C)cccc2C2CCCC2)c1=S. The predicted molar refractivity (Wildman–Crippen MR) is 100 cm³/mol. The second-order valence-electron chi connectivity index (χ2n) is 7.30. The lowest BCUT2D eigenvalue weighted by atomic mass is 9.90. The van der Waals surface area contributed by atoms with E-state index in [0.29, 0.717) is 16.6 Å². The molecule has 0 spiro atoms. The standard InChI is InChI=1S/C19H28N4S/c1-5-14(4)22-19(24)23(21-20-22)18-16(13(2)3)11-8-12-17(18)15-9-6-7-10-15/h8,11-15H,5-7,9-10H2,1-4H3. The van der Waals surface area contributed by atoms with Gasteiger partial charge in [0.25, 0.3) is 0 Å². The Balaban J connectivity index is 2.19. The van der Waals surface area contributed by atoms with Crippen molar-refractivity contribution in [2.75, 3.05) is 0 Å². The van der Waals surface area contributed by atoms with Gasteiger partial charge in [0.15, 0.2) is 0 Å². The normalized spacial score (nSPS) is 16.9. The van der Waals surface area contributed by atoms with Gasteiger partial charge in [-0.2, -0.15) is 4.68 Å². The molecular formula is C19H28N4S. The molecule has 0 saturated heterocycles. The molecule has 1 saturated carbocycles. The summed E-state index contributed by atoms with van der Waals surface area (Å²) in [5.41, 5.74) is 3.89. The van der Waals surface area contributed by atoms with E-state index in [2.05, 4.69) is 56.3 Å². The van der Waals surface area contributed by atoms with E-state index < -0.39 is 0 Å². The fraction of sp³-hybridized carbons (Fsp3) is 0.632. The highest BCUT2D eigenvalue weighted by Crippen LogP contribution is 2.39. The second-order valence-corrected chi connectivity index (χ2v) is 7.66. The van der Waals surface area contributed by atoms with Crippen molar-refractivity contribution in [3.05, 3.63) is 34.1 Å². The van der Waals surface area contributed by atoms with Crippen LogP contribution < -0.4 is 0 Å². The third-order valence-corrected chi connectivity index (χ3v) is 5.70. The molecule has 1 atom stereocenters. The van der Waals surface area contributed by atoms with Gasteiger partial charge in [0, 0.05) is 0 Å². The van der Waals surface area contributed by atoms with Gasteiger partial charge >= 0.3 is 0 Å². The molecule has 24 heavy (non-hydrogen) atoms. The number of hydrogen-bond acceptors (Lipinski definition) is 3. The Hall–Kier alpha value is -1.49. The van der Waals surface area contributed by atoms with Crippen LogP contribution in [0.2, 0.25) is 0 Å². The zero-order valence-corrected chi connectivity index (χ0v) is 16.0. The zero-order valence-electron chi connectivity index (χ0n) is 15.2. The van der Waals surface area contributed by atoms with E-state index in [9.17, 15) is 0 Å². The Kier molecular flexibility index (Phi) is 5.18. The largest absolute Gasteiger partial charge is 0.220 e. The third kappa shape index (κ3) is 3.06. The van der Waals surface area contributed by atoms with Crippen molar-refractivity contribution in [3.63, 3.8) is 0 Å². The van der Waals surface area contributed by atoms with Crippen LogP contribution in [0.1, 0.15) is 88.8 Å². The minimum absolute atomic E-state index is 0.271. The molecule has 5 heteroatoms. The van der Waals surface area contributed by atoms with Gasteiger partial charge in [0.2, 0.25) is 4.77 Å². The molecule has 0 aliphatic heterocycles. The lowest BCUT2D eigenvalue weighted by Gasteiger charge is -2.20. The smallest absolute Gasteiger partial charge is 0.215 e. The molecule has 2 aromatic rings. The number of aromatic nitrogens is 4.